The molecule has 2 atom stereocenters. The Labute approximate surface area is 124 Å². The van der Waals surface area contributed by atoms with E-state index in [1.165, 1.54) is 45.1 Å². The van der Waals surface area contributed by atoms with Crippen molar-refractivity contribution in [2.75, 3.05) is 13.6 Å². The van der Waals surface area contributed by atoms with E-state index in [-0.39, 0.29) is 0 Å². The van der Waals surface area contributed by atoms with E-state index in [9.17, 15) is 0 Å². The van der Waals surface area contributed by atoms with Gasteiger partial charge in [-0.25, -0.2) is 0 Å². The maximum Gasteiger partial charge on any atom is 0.00954 e. The molecule has 0 aromatic heterocycles. The van der Waals surface area contributed by atoms with Crippen molar-refractivity contribution < 1.29 is 0 Å². The smallest absolute Gasteiger partial charge is 0.00954 e. The molecule has 0 N–H and O–H groups in total. The quantitative estimate of drug-likeness (QED) is 0.787. The largest absolute Gasteiger partial charge is 0.303 e. The third-order valence-corrected chi connectivity index (χ3v) is 5.46. The minimum absolute atomic E-state index is 0.659. The maximum atomic E-state index is 2.59. The van der Waals surface area contributed by atoms with Crippen LogP contribution in [-0.2, 0) is 12.8 Å². The fourth-order valence-corrected chi connectivity index (χ4v) is 4.20. The molecule has 1 fully saturated rings. The van der Waals surface area contributed by atoms with E-state index in [0.717, 1.165) is 12.0 Å². The third-order valence-electron chi connectivity index (χ3n) is 5.46. The molecular weight excluding hydrogens is 242 g/mol. The summed E-state index contributed by atoms with van der Waals surface area (Å²) >= 11 is 0. The topological polar surface area (TPSA) is 3.24 Å². The van der Waals surface area contributed by atoms with Crippen molar-refractivity contribution in [3.63, 3.8) is 0 Å². The number of hydrogen-bond acceptors (Lipinski definition) is 1. The molecule has 1 aliphatic heterocycles. The molecule has 1 heterocycles. The van der Waals surface area contributed by atoms with Crippen LogP contribution in [0.1, 0.15) is 62.1 Å². The maximum absolute atomic E-state index is 2.59. The summed E-state index contributed by atoms with van der Waals surface area (Å²) in [6, 6.07) is 8.09. The predicted molar refractivity (Wildman–Crippen MR) is 86.3 cm³/mol. The van der Waals surface area contributed by atoms with Crippen LogP contribution in [-0.4, -0.2) is 24.5 Å². The van der Waals surface area contributed by atoms with E-state index in [1.807, 2.05) is 0 Å². The first-order valence-electron chi connectivity index (χ1n) is 8.45. The first-order valence-corrected chi connectivity index (χ1v) is 8.45. The number of aryl methyl sites for hydroxylation is 1. The standard InChI is InChI=1S/C19H29N/c1-14(2)19-9-8-15-6-7-16(12-17(19)11-15)13-18-5-4-10-20(18)3/h8-9,11,14,16,18H,4-7,10,12-13H2,1-3H3/t16-,18+/m0/s1. The molecule has 0 spiro atoms. The summed E-state index contributed by atoms with van der Waals surface area (Å²) in [6.07, 6.45) is 8.21. The second kappa shape index (κ2) is 5.89. The molecule has 0 unspecified atom stereocenters. The summed E-state index contributed by atoms with van der Waals surface area (Å²) in [5, 5.41) is 0. The third kappa shape index (κ3) is 2.93. The van der Waals surface area contributed by atoms with Gasteiger partial charge in [0, 0.05) is 6.04 Å². The van der Waals surface area contributed by atoms with Gasteiger partial charge in [0.15, 0.2) is 0 Å². The van der Waals surface area contributed by atoms with Crippen LogP contribution in [0.25, 0.3) is 0 Å². The van der Waals surface area contributed by atoms with Gasteiger partial charge in [0.05, 0.1) is 0 Å². The van der Waals surface area contributed by atoms with Crippen LogP contribution >= 0.6 is 0 Å². The summed E-state index contributed by atoms with van der Waals surface area (Å²) in [6.45, 7) is 5.97. The number of rotatable bonds is 3. The molecule has 1 nitrogen and oxygen atoms in total. The highest BCUT2D eigenvalue weighted by Crippen LogP contribution is 2.32. The zero-order valence-corrected chi connectivity index (χ0v) is 13.4. The van der Waals surface area contributed by atoms with Crippen molar-refractivity contribution in [3.05, 3.63) is 34.9 Å². The average molecular weight is 271 g/mol. The number of hydrogen-bond donors (Lipinski definition) is 0. The van der Waals surface area contributed by atoms with E-state index in [4.69, 9.17) is 0 Å². The van der Waals surface area contributed by atoms with Gasteiger partial charge >= 0.3 is 0 Å². The fourth-order valence-electron chi connectivity index (χ4n) is 4.20. The summed E-state index contributed by atoms with van der Waals surface area (Å²) < 4.78 is 0. The van der Waals surface area contributed by atoms with Gasteiger partial charge in [0.1, 0.15) is 0 Å². The van der Waals surface area contributed by atoms with Gasteiger partial charge < -0.3 is 4.90 Å². The summed E-state index contributed by atoms with van der Waals surface area (Å²) in [5.41, 5.74) is 4.78. The minimum atomic E-state index is 0.659. The van der Waals surface area contributed by atoms with Crippen LogP contribution in [0.3, 0.4) is 0 Å². The number of nitrogens with zero attached hydrogens (tertiary/aromatic N) is 1. The van der Waals surface area contributed by atoms with Crippen molar-refractivity contribution in [2.45, 2.75) is 64.3 Å². The number of fused-ring (bicyclic) bond motifs is 2. The Balaban J connectivity index is 1.74. The Morgan fingerprint density at radius 1 is 1.25 bits per heavy atom. The van der Waals surface area contributed by atoms with Crippen molar-refractivity contribution in [2.24, 2.45) is 5.92 Å². The van der Waals surface area contributed by atoms with Crippen molar-refractivity contribution in [1.82, 2.24) is 4.90 Å². The molecular formula is C19H29N. The van der Waals surface area contributed by atoms with Crippen LogP contribution in [0.5, 0.6) is 0 Å². The predicted octanol–water partition coefficient (Wildman–Crippen LogP) is 4.40. The monoisotopic (exact) mass is 271 g/mol. The van der Waals surface area contributed by atoms with E-state index >= 15 is 0 Å². The number of likely N-dealkylation sites (tertiary alicyclic amines) is 1. The van der Waals surface area contributed by atoms with Gasteiger partial charge in [-0.3, -0.25) is 0 Å². The molecule has 1 aromatic rings. The Hall–Kier alpha value is -0.820. The average Bonchev–Trinajstić information content (AvgIpc) is 2.74. The molecule has 0 amide bonds. The van der Waals surface area contributed by atoms with Crippen LogP contribution in [0, 0.1) is 5.92 Å². The molecule has 1 saturated heterocycles. The fraction of sp³-hybridized carbons (Fsp3) is 0.684. The van der Waals surface area contributed by atoms with Crippen molar-refractivity contribution in [1.29, 1.82) is 0 Å². The van der Waals surface area contributed by atoms with Crippen LogP contribution in [0.15, 0.2) is 18.2 Å². The Morgan fingerprint density at radius 2 is 2.10 bits per heavy atom. The molecule has 110 valence electrons. The molecule has 2 aliphatic rings. The Bertz CT molecular complexity index is 463. The molecule has 1 aromatic carbocycles. The lowest BCUT2D eigenvalue weighted by atomic mass is 9.87. The molecule has 2 bridgehead atoms. The van der Waals surface area contributed by atoms with E-state index in [2.05, 4.69) is 44.0 Å². The lowest BCUT2D eigenvalue weighted by molar-refractivity contribution is 0.254. The van der Waals surface area contributed by atoms with E-state index in [1.54, 1.807) is 16.7 Å². The zero-order valence-electron chi connectivity index (χ0n) is 13.4. The molecule has 3 rings (SSSR count). The van der Waals surface area contributed by atoms with Gasteiger partial charge in [-0.2, -0.15) is 0 Å². The van der Waals surface area contributed by atoms with Gasteiger partial charge in [0.2, 0.25) is 0 Å². The van der Waals surface area contributed by atoms with Gasteiger partial charge in [0.25, 0.3) is 0 Å². The summed E-state index contributed by atoms with van der Waals surface area (Å²) in [4.78, 5) is 2.59. The van der Waals surface area contributed by atoms with Crippen molar-refractivity contribution >= 4 is 0 Å². The second-order valence-corrected chi connectivity index (χ2v) is 7.31. The Kier molecular flexibility index (Phi) is 4.16. The van der Waals surface area contributed by atoms with Crippen molar-refractivity contribution in [3.8, 4) is 0 Å². The van der Waals surface area contributed by atoms with Crippen LogP contribution < -0.4 is 0 Å². The number of benzene rings is 1. The summed E-state index contributed by atoms with van der Waals surface area (Å²) in [7, 11) is 2.31. The van der Waals surface area contributed by atoms with Crippen LogP contribution in [0.4, 0.5) is 0 Å². The SMILES string of the molecule is CC(C)c1ccc2cc1C[C@@H](C[C@H]1CCCN1C)CC2. The molecule has 20 heavy (non-hydrogen) atoms. The molecule has 0 saturated carbocycles. The highest BCUT2D eigenvalue weighted by Gasteiger charge is 2.26. The van der Waals surface area contributed by atoms with Crippen LogP contribution in [0.2, 0.25) is 0 Å². The Morgan fingerprint density at radius 3 is 2.80 bits per heavy atom. The van der Waals surface area contributed by atoms with E-state index < -0.39 is 0 Å². The normalized spacial score (nSPS) is 27.0. The molecule has 1 heteroatoms. The molecule has 0 radical (unpaired) electrons. The van der Waals surface area contributed by atoms with Gasteiger partial charge in [-0.15, -0.1) is 0 Å². The minimum Gasteiger partial charge on any atom is -0.303 e. The highest BCUT2D eigenvalue weighted by molar-refractivity contribution is 5.35. The first kappa shape index (κ1) is 14.1. The second-order valence-electron chi connectivity index (χ2n) is 7.31. The van der Waals surface area contributed by atoms with Gasteiger partial charge in [-0.1, -0.05) is 32.0 Å². The lowest BCUT2D eigenvalue weighted by Crippen LogP contribution is -2.28. The first-order chi connectivity index (χ1) is 9.63. The molecule has 1 aliphatic carbocycles. The highest BCUT2D eigenvalue weighted by atomic mass is 15.1. The van der Waals surface area contributed by atoms with Gasteiger partial charge in [-0.05, 0) is 80.6 Å². The van der Waals surface area contributed by atoms with E-state index in [0.29, 0.717) is 5.92 Å². The lowest BCUT2D eigenvalue weighted by Gasteiger charge is -2.25. The summed E-state index contributed by atoms with van der Waals surface area (Å²) in [5.74, 6) is 1.55. The zero-order chi connectivity index (χ0) is 14.1.